The van der Waals surface area contributed by atoms with E-state index in [0.717, 1.165) is 0 Å². The van der Waals surface area contributed by atoms with Gasteiger partial charge in [0.1, 0.15) is 5.75 Å². The molecule has 4 heteroatoms. The van der Waals surface area contributed by atoms with Gasteiger partial charge < -0.3 is 9.47 Å². The van der Waals surface area contributed by atoms with Crippen LogP contribution in [0.2, 0.25) is 0 Å². The molecular formula is C12H14O4. The van der Waals surface area contributed by atoms with Crippen molar-refractivity contribution < 1.29 is 19.1 Å². The fourth-order valence-electron chi connectivity index (χ4n) is 0.946. The van der Waals surface area contributed by atoms with Crippen molar-refractivity contribution >= 4 is 11.9 Å². The Balaban J connectivity index is 2.35. The molecule has 86 valence electrons. The maximum atomic E-state index is 11.2. The van der Waals surface area contributed by atoms with E-state index >= 15 is 0 Å². The van der Waals surface area contributed by atoms with Crippen LogP contribution in [0.5, 0.6) is 5.75 Å². The lowest BCUT2D eigenvalue weighted by Crippen LogP contribution is -2.21. The second-order valence-electron chi connectivity index (χ2n) is 3.55. The summed E-state index contributed by atoms with van der Waals surface area (Å²) >= 11 is 0. The second kappa shape index (κ2) is 5.90. The number of carbonyl (C=O) groups excluding carboxylic acids is 2. The van der Waals surface area contributed by atoms with Crippen molar-refractivity contribution in [3.8, 4) is 5.75 Å². The molecule has 0 atom stereocenters. The van der Waals surface area contributed by atoms with Gasteiger partial charge in [0.2, 0.25) is 0 Å². The summed E-state index contributed by atoms with van der Waals surface area (Å²) in [6.45, 7) is 3.04. The normalized spacial score (nSPS) is 9.94. The second-order valence-corrected chi connectivity index (χ2v) is 3.55. The molecule has 0 N–H and O–H groups in total. The number of rotatable bonds is 4. The first kappa shape index (κ1) is 12.2. The van der Waals surface area contributed by atoms with Crippen molar-refractivity contribution in [2.24, 2.45) is 5.92 Å². The zero-order valence-electron chi connectivity index (χ0n) is 9.30. The zero-order chi connectivity index (χ0) is 12.0. The van der Waals surface area contributed by atoms with Crippen LogP contribution in [-0.2, 0) is 14.3 Å². The zero-order valence-corrected chi connectivity index (χ0v) is 9.30. The van der Waals surface area contributed by atoms with Gasteiger partial charge in [0, 0.05) is 0 Å². The number of benzene rings is 1. The van der Waals surface area contributed by atoms with Gasteiger partial charge in [0.05, 0.1) is 5.92 Å². The van der Waals surface area contributed by atoms with Crippen LogP contribution in [0.1, 0.15) is 13.8 Å². The van der Waals surface area contributed by atoms with Crippen LogP contribution in [0.3, 0.4) is 0 Å². The van der Waals surface area contributed by atoms with E-state index in [2.05, 4.69) is 0 Å². The molecule has 16 heavy (non-hydrogen) atoms. The number of hydrogen-bond acceptors (Lipinski definition) is 4. The Morgan fingerprint density at radius 3 is 2.38 bits per heavy atom. The quantitative estimate of drug-likeness (QED) is 0.575. The summed E-state index contributed by atoms with van der Waals surface area (Å²) in [7, 11) is 0. The minimum Gasteiger partial charge on any atom is -0.453 e. The molecule has 1 aromatic carbocycles. The van der Waals surface area contributed by atoms with Crippen LogP contribution in [0.25, 0.3) is 0 Å². The lowest BCUT2D eigenvalue weighted by atomic mass is 10.2. The molecule has 0 spiro atoms. The Bertz CT molecular complexity index is 357. The Kier molecular flexibility index (Phi) is 4.51. The van der Waals surface area contributed by atoms with Gasteiger partial charge in [0.15, 0.2) is 6.61 Å². The smallest absolute Gasteiger partial charge is 0.349 e. The molecule has 1 aromatic rings. The minimum absolute atomic E-state index is 0.246. The summed E-state index contributed by atoms with van der Waals surface area (Å²) in [6.07, 6.45) is 0. The number of esters is 2. The molecule has 0 aliphatic heterocycles. The molecular weight excluding hydrogens is 208 g/mol. The van der Waals surface area contributed by atoms with Crippen LogP contribution < -0.4 is 4.74 Å². The predicted octanol–water partition coefficient (Wildman–Crippen LogP) is 1.79. The van der Waals surface area contributed by atoms with Crippen molar-refractivity contribution in [1.29, 1.82) is 0 Å². The molecule has 0 fully saturated rings. The fourth-order valence-corrected chi connectivity index (χ4v) is 0.946. The van der Waals surface area contributed by atoms with Gasteiger partial charge in [-0.1, -0.05) is 32.0 Å². The third-order valence-electron chi connectivity index (χ3n) is 1.78. The molecule has 0 unspecified atom stereocenters. The fraction of sp³-hybridized carbons (Fsp3) is 0.333. The third kappa shape index (κ3) is 4.13. The average molecular weight is 222 g/mol. The van der Waals surface area contributed by atoms with Gasteiger partial charge in [-0.25, -0.2) is 4.79 Å². The molecule has 0 amide bonds. The van der Waals surface area contributed by atoms with Crippen LogP contribution in [0, 0.1) is 5.92 Å². The summed E-state index contributed by atoms with van der Waals surface area (Å²) < 4.78 is 9.65. The molecule has 1 rings (SSSR count). The maximum absolute atomic E-state index is 11.2. The average Bonchev–Trinajstić information content (AvgIpc) is 2.27. The van der Waals surface area contributed by atoms with E-state index in [9.17, 15) is 9.59 Å². The number of hydrogen-bond donors (Lipinski definition) is 0. The highest BCUT2D eigenvalue weighted by Crippen LogP contribution is 2.08. The highest BCUT2D eigenvalue weighted by atomic mass is 16.6. The highest BCUT2D eigenvalue weighted by Gasteiger charge is 2.12. The van der Waals surface area contributed by atoms with Crippen LogP contribution >= 0.6 is 0 Å². The molecule has 4 nitrogen and oxygen atoms in total. The highest BCUT2D eigenvalue weighted by molar-refractivity contribution is 5.78. The van der Waals surface area contributed by atoms with E-state index < -0.39 is 11.9 Å². The monoisotopic (exact) mass is 222 g/mol. The lowest BCUT2D eigenvalue weighted by molar-refractivity contribution is -0.156. The Labute approximate surface area is 94.2 Å². The molecule has 0 aliphatic rings. The largest absolute Gasteiger partial charge is 0.453 e. The van der Waals surface area contributed by atoms with Crippen LogP contribution in [0.4, 0.5) is 0 Å². The Hall–Kier alpha value is -1.84. The topological polar surface area (TPSA) is 52.6 Å². The molecule has 0 aliphatic carbocycles. The van der Waals surface area contributed by atoms with E-state index in [1.807, 2.05) is 6.07 Å². The summed E-state index contributed by atoms with van der Waals surface area (Å²) in [5.41, 5.74) is 0. The molecule has 0 radical (unpaired) electrons. The summed E-state index contributed by atoms with van der Waals surface area (Å²) in [4.78, 5) is 22.3. The molecule has 0 aromatic heterocycles. The predicted molar refractivity (Wildman–Crippen MR) is 57.9 cm³/mol. The van der Waals surface area contributed by atoms with E-state index in [1.54, 1.807) is 38.1 Å². The Morgan fingerprint density at radius 1 is 1.19 bits per heavy atom. The summed E-state index contributed by atoms with van der Waals surface area (Å²) in [6, 6.07) is 8.63. The van der Waals surface area contributed by atoms with Gasteiger partial charge in [-0.15, -0.1) is 0 Å². The van der Waals surface area contributed by atoms with Gasteiger partial charge >= 0.3 is 11.9 Å². The molecule has 0 saturated heterocycles. The molecule has 0 saturated carbocycles. The van der Waals surface area contributed by atoms with Gasteiger partial charge in [0.25, 0.3) is 0 Å². The van der Waals surface area contributed by atoms with E-state index in [1.165, 1.54) is 0 Å². The van der Waals surface area contributed by atoms with Crippen molar-refractivity contribution in [1.82, 2.24) is 0 Å². The van der Waals surface area contributed by atoms with Gasteiger partial charge in [-0.2, -0.15) is 0 Å². The van der Waals surface area contributed by atoms with Crippen LogP contribution in [-0.4, -0.2) is 18.5 Å². The summed E-state index contributed by atoms with van der Waals surface area (Å²) in [5, 5.41) is 0. The van der Waals surface area contributed by atoms with Crippen molar-refractivity contribution in [3.63, 3.8) is 0 Å². The van der Waals surface area contributed by atoms with Crippen molar-refractivity contribution in [3.05, 3.63) is 30.3 Å². The number of ether oxygens (including phenoxy) is 2. The molecule has 0 heterocycles. The number of carbonyl (C=O) groups is 2. The van der Waals surface area contributed by atoms with Gasteiger partial charge in [-0.05, 0) is 12.1 Å². The maximum Gasteiger partial charge on any atom is 0.349 e. The first-order valence-electron chi connectivity index (χ1n) is 5.02. The first-order chi connectivity index (χ1) is 7.59. The third-order valence-corrected chi connectivity index (χ3v) is 1.78. The first-order valence-corrected chi connectivity index (χ1v) is 5.02. The SMILES string of the molecule is CC(C)C(=O)OCC(=O)Oc1ccccc1. The summed E-state index contributed by atoms with van der Waals surface area (Å²) in [5.74, 6) is -0.803. The molecule has 0 bridgehead atoms. The lowest BCUT2D eigenvalue weighted by Gasteiger charge is -2.06. The van der Waals surface area contributed by atoms with E-state index in [0.29, 0.717) is 5.75 Å². The Morgan fingerprint density at radius 2 is 1.81 bits per heavy atom. The number of para-hydroxylation sites is 1. The van der Waals surface area contributed by atoms with Crippen LogP contribution in [0.15, 0.2) is 30.3 Å². The van der Waals surface area contributed by atoms with Gasteiger partial charge in [-0.3, -0.25) is 4.79 Å². The standard InChI is InChI=1S/C12H14O4/c1-9(2)12(14)15-8-11(13)16-10-6-4-3-5-7-10/h3-7,9H,8H2,1-2H3. The van der Waals surface area contributed by atoms with Crippen molar-refractivity contribution in [2.45, 2.75) is 13.8 Å². The van der Waals surface area contributed by atoms with E-state index in [-0.39, 0.29) is 12.5 Å². The minimum atomic E-state index is -0.583. The van der Waals surface area contributed by atoms with E-state index in [4.69, 9.17) is 9.47 Å². The van der Waals surface area contributed by atoms with Crippen molar-refractivity contribution in [2.75, 3.05) is 6.61 Å².